The van der Waals surface area contributed by atoms with Crippen LogP contribution in [0.15, 0.2) is 18.2 Å². The molecule has 1 aromatic rings. The van der Waals surface area contributed by atoms with E-state index >= 15 is 0 Å². The Hall–Kier alpha value is -0.770. The zero-order valence-corrected chi connectivity index (χ0v) is 14.0. The van der Waals surface area contributed by atoms with Gasteiger partial charge in [-0.25, -0.2) is 0 Å². The van der Waals surface area contributed by atoms with Gasteiger partial charge in [0.15, 0.2) is 0 Å². The minimum Gasteiger partial charge on any atom is -0.334 e. The van der Waals surface area contributed by atoms with Crippen molar-refractivity contribution in [3.63, 3.8) is 0 Å². The van der Waals surface area contributed by atoms with E-state index in [1.54, 1.807) is 6.07 Å². The molecular formula is C16H22Cl2N2O. The Bertz CT molecular complexity index is 519. The number of hydrogen-bond acceptors (Lipinski definition) is 2. The number of likely N-dealkylation sites (tertiary alicyclic amines) is 1. The summed E-state index contributed by atoms with van der Waals surface area (Å²) in [7, 11) is 0. The molecule has 1 aromatic carbocycles. The number of benzene rings is 1. The maximum Gasteiger partial charge on any atom is 0.240 e. The highest BCUT2D eigenvalue weighted by molar-refractivity contribution is 6.42. The van der Waals surface area contributed by atoms with Crippen molar-refractivity contribution < 1.29 is 4.79 Å². The van der Waals surface area contributed by atoms with Gasteiger partial charge in [0.25, 0.3) is 0 Å². The molecule has 2 rings (SSSR count). The monoisotopic (exact) mass is 328 g/mol. The number of carbonyl (C=O) groups excluding carboxylic acids is 1. The van der Waals surface area contributed by atoms with Crippen LogP contribution in [0.5, 0.6) is 0 Å². The van der Waals surface area contributed by atoms with Crippen molar-refractivity contribution >= 4 is 29.1 Å². The molecule has 5 heteroatoms. The van der Waals surface area contributed by atoms with Gasteiger partial charge in [0.2, 0.25) is 5.91 Å². The van der Waals surface area contributed by atoms with Crippen LogP contribution in [-0.2, 0) is 4.79 Å². The largest absolute Gasteiger partial charge is 0.334 e. The molecule has 1 amide bonds. The van der Waals surface area contributed by atoms with Crippen LogP contribution in [0.3, 0.4) is 0 Å². The van der Waals surface area contributed by atoms with Gasteiger partial charge in [0, 0.05) is 6.54 Å². The molecule has 3 nitrogen and oxygen atoms in total. The van der Waals surface area contributed by atoms with E-state index in [4.69, 9.17) is 28.9 Å². The summed E-state index contributed by atoms with van der Waals surface area (Å²) >= 11 is 12.1. The fourth-order valence-corrected chi connectivity index (χ4v) is 3.22. The molecule has 1 unspecified atom stereocenters. The van der Waals surface area contributed by atoms with Gasteiger partial charge < -0.3 is 10.6 Å². The lowest BCUT2D eigenvalue weighted by atomic mass is 10.0. The summed E-state index contributed by atoms with van der Waals surface area (Å²) in [5.41, 5.74) is 7.09. The summed E-state index contributed by atoms with van der Waals surface area (Å²) < 4.78 is 0. The minimum atomic E-state index is -0.423. The second kappa shape index (κ2) is 6.99. The predicted octanol–water partition coefficient (Wildman–Crippen LogP) is 4.03. The third-order valence-electron chi connectivity index (χ3n) is 3.91. The van der Waals surface area contributed by atoms with Crippen LogP contribution in [0.2, 0.25) is 10.0 Å². The van der Waals surface area contributed by atoms with E-state index in [2.05, 4.69) is 13.8 Å². The summed E-state index contributed by atoms with van der Waals surface area (Å²) in [6.07, 6.45) is 2.65. The normalized spacial score (nSPS) is 20.1. The Morgan fingerprint density at radius 2 is 2.10 bits per heavy atom. The Labute approximate surface area is 136 Å². The summed E-state index contributed by atoms with van der Waals surface area (Å²) in [4.78, 5) is 14.5. The Kier molecular flexibility index (Phi) is 5.53. The molecule has 2 N–H and O–H groups in total. The quantitative estimate of drug-likeness (QED) is 0.906. The van der Waals surface area contributed by atoms with E-state index in [0.29, 0.717) is 22.4 Å². The zero-order chi connectivity index (χ0) is 15.6. The third kappa shape index (κ3) is 3.91. The summed E-state index contributed by atoms with van der Waals surface area (Å²) in [5.74, 6) is 0.451. The number of nitrogens with zero attached hydrogens (tertiary/aromatic N) is 1. The molecule has 2 atom stereocenters. The number of carbonyl (C=O) groups is 1. The highest BCUT2D eigenvalue weighted by Gasteiger charge is 2.32. The second-order valence-corrected chi connectivity index (χ2v) is 6.91. The van der Waals surface area contributed by atoms with Gasteiger partial charge in [-0.1, -0.05) is 43.1 Å². The van der Waals surface area contributed by atoms with Gasteiger partial charge in [-0.05, 0) is 42.9 Å². The lowest BCUT2D eigenvalue weighted by Crippen LogP contribution is -2.44. The highest BCUT2D eigenvalue weighted by atomic mass is 35.5. The van der Waals surface area contributed by atoms with Gasteiger partial charge in [-0.3, -0.25) is 4.79 Å². The van der Waals surface area contributed by atoms with E-state index in [1.165, 1.54) is 0 Å². The first-order chi connectivity index (χ1) is 9.90. The SMILES string of the molecule is CC(C)C[C@@H](N)C(=O)N1CCCC1c1ccc(Cl)c(Cl)c1. The Morgan fingerprint density at radius 1 is 1.38 bits per heavy atom. The molecule has 0 aromatic heterocycles. The van der Waals surface area contributed by atoms with Crippen molar-refractivity contribution in [2.75, 3.05) is 6.54 Å². The van der Waals surface area contributed by atoms with Gasteiger partial charge in [0.05, 0.1) is 22.1 Å². The van der Waals surface area contributed by atoms with Crippen molar-refractivity contribution in [2.24, 2.45) is 11.7 Å². The molecule has 0 aliphatic carbocycles. The average Bonchev–Trinajstić information content (AvgIpc) is 2.89. The molecule has 21 heavy (non-hydrogen) atoms. The van der Waals surface area contributed by atoms with Crippen LogP contribution < -0.4 is 5.73 Å². The predicted molar refractivity (Wildman–Crippen MR) is 87.6 cm³/mol. The lowest BCUT2D eigenvalue weighted by Gasteiger charge is -2.28. The van der Waals surface area contributed by atoms with Gasteiger partial charge in [0.1, 0.15) is 0 Å². The molecule has 0 bridgehead atoms. The second-order valence-electron chi connectivity index (χ2n) is 6.10. The highest BCUT2D eigenvalue weighted by Crippen LogP contribution is 2.35. The summed E-state index contributed by atoms with van der Waals surface area (Å²) in [6.45, 7) is 4.91. The van der Waals surface area contributed by atoms with Crippen molar-refractivity contribution in [2.45, 2.75) is 45.2 Å². The third-order valence-corrected chi connectivity index (χ3v) is 4.65. The molecule has 1 aliphatic heterocycles. The number of hydrogen-bond donors (Lipinski definition) is 1. The fourth-order valence-electron chi connectivity index (χ4n) is 2.92. The molecule has 1 fully saturated rings. The molecule has 0 saturated carbocycles. The van der Waals surface area contributed by atoms with Crippen molar-refractivity contribution in [3.05, 3.63) is 33.8 Å². The first kappa shape index (κ1) is 16.6. The summed E-state index contributed by atoms with van der Waals surface area (Å²) in [6, 6.07) is 5.22. The smallest absolute Gasteiger partial charge is 0.240 e. The number of amides is 1. The molecule has 0 spiro atoms. The first-order valence-corrected chi connectivity index (χ1v) is 8.16. The van der Waals surface area contributed by atoms with Crippen molar-refractivity contribution in [3.8, 4) is 0 Å². The molecular weight excluding hydrogens is 307 g/mol. The van der Waals surface area contributed by atoms with E-state index in [9.17, 15) is 4.79 Å². The molecule has 1 aliphatic rings. The molecule has 0 radical (unpaired) electrons. The number of nitrogens with two attached hydrogens (primary N) is 1. The van der Waals surface area contributed by atoms with Gasteiger partial charge in [-0.2, -0.15) is 0 Å². The van der Waals surface area contributed by atoms with E-state index in [1.807, 2.05) is 17.0 Å². The van der Waals surface area contributed by atoms with Crippen LogP contribution in [0.1, 0.15) is 44.7 Å². The lowest BCUT2D eigenvalue weighted by molar-refractivity contribution is -0.133. The standard InChI is InChI=1S/C16H22Cl2N2O/c1-10(2)8-14(19)16(21)20-7-3-4-15(20)11-5-6-12(17)13(18)9-11/h5-6,9-10,14-15H,3-4,7-8,19H2,1-2H3/t14-,15?/m1/s1. The van der Waals surface area contributed by atoms with Crippen molar-refractivity contribution in [1.82, 2.24) is 4.90 Å². The summed E-state index contributed by atoms with van der Waals surface area (Å²) in [5, 5.41) is 1.06. The van der Waals surface area contributed by atoms with Crippen LogP contribution in [0.4, 0.5) is 0 Å². The number of halogens is 2. The Morgan fingerprint density at radius 3 is 2.71 bits per heavy atom. The van der Waals surface area contributed by atoms with Gasteiger partial charge in [-0.15, -0.1) is 0 Å². The van der Waals surface area contributed by atoms with Crippen LogP contribution in [0.25, 0.3) is 0 Å². The molecule has 1 heterocycles. The fraction of sp³-hybridized carbons (Fsp3) is 0.562. The first-order valence-electron chi connectivity index (χ1n) is 7.41. The maximum absolute atomic E-state index is 12.6. The average molecular weight is 329 g/mol. The van der Waals surface area contributed by atoms with Crippen LogP contribution >= 0.6 is 23.2 Å². The minimum absolute atomic E-state index is 0.0391. The van der Waals surface area contributed by atoms with Crippen molar-refractivity contribution in [1.29, 1.82) is 0 Å². The van der Waals surface area contributed by atoms with Crippen LogP contribution in [-0.4, -0.2) is 23.4 Å². The van der Waals surface area contributed by atoms with Gasteiger partial charge >= 0.3 is 0 Å². The van der Waals surface area contributed by atoms with Crippen LogP contribution in [0, 0.1) is 5.92 Å². The van der Waals surface area contributed by atoms with E-state index < -0.39 is 6.04 Å². The number of rotatable bonds is 4. The maximum atomic E-state index is 12.6. The molecule has 1 saturated heterocycles. The molecule has 116 valence electrons. The van der Waals surface area contributed by atoms with E-state index in [-0.39, 0.29) is 11.9 Å². The van der Waals surface area contributed by atoms with E-state index in [0.717, 1.165) is 24.9 Å². The zero-order valence-electron chi connectivity index (χ0n) is 12.5. The Balaban J connectivity index is 2.16. The topological polar surface area (TPSA) is 46.3 Å².